The van der Waals surface area contributed by atoms with Crippen molar-refractivity contribution < 1.29 is 9.47 Å². The van der Waals surface area contributed by atoms with Crippen LogP contribution in [0.5, 0.6) is 11.5 Å². The molecule has 0 bridgehead atoms. The summed E-state index contributed by atoms with van der Waals surface area (Å²) in [6, 6.07) is 12.5. The van der Waals surface area contributed by atoms with Gasteiger partial charge in [0.2, 0.25) is 0 Å². The van der Waals surface area contributed by atoms with Crippen LogP contribution in [-0.4, -0.2) is 13.7 Å². The third kappa shape index (κ3) is 2.18. The molecular formula is C18H18O2. The molecule has 102 valence electrons. The summed E-state index contributed by atoms with van der Waals surface area (Å²) < 4.78 is 11.0. The Balaban J connectivity index is 2.10. The maximum absolute atomic E-state index is 5.78. The lowest BCUT2D eigenvalue weighted by atomic mass is 9.91. The van der Waals surface area contributed by atoms with Gasteiger partial charge >= 0.3 is 0 Å². The van der Waals surface area contributed by atoms with Crippen LogP contribution in [0.3, 0.4) is 0 Å². The molecule has 0 aliphatic carbocycles. The average Bonchev–Trinajstić information content (AvgIpc) is 2.46. The second-order valence-corrected chi connectivity index (χ2v) is 5.11. The van der Waals surface area contributed by atoms with E-state index in [2.05, 4.69) is 44.2 Å². The molecule has 0 spiro atoms. The van der Waals surface area contributed by atoms with Gasteiger partial charge < -0.3 is 9.47 Å². The third-order valence-electron chi connectivity index (χ3n) is 3.64. The van der Waals surface area contributed by atoms with E-state index >= 15 is 0 Å². The van der Waals surface area contributed by atoms with E-state index in [1.807, 2.05) is 12.1 Å². The van der Waals surface area contributed by atoms with Crippen molar-refractivity contribution in [2.75, 3.05) is 13.7 Å². The minimum atomic E-state index is 0.622. The van der Waals surface area contributed by atoms with Gasteiger partial charge in [0.15, 0.2) is 0 Å². The Morgan fingerprint density at radius 1 is 1.05 bits per heavy atom. The molecular weight excluding hydrogens is 248 g/mol. The highest BCUT2D eigenvalue weighted by Crippen LogP contribution is 2.37. The van der Waals surface area contributed by atoms with Crippen molar-refractivity contribution in [1.29, 1.82) is 0 Å². The highest BCUT2D eigenvalue weighted by Gasteiger charge is 2.18. The first-order valence-electron chi connectivity index (χ1n) is 6.78. The van der Waals surface area contributed by atoms with Crippen LogP contribution in [-0.2, 0) is 0 Å². The van der Waals surface area contributed by atoms with Gasteiger partial charge in [-0.25, -0.2) is 0 Å². The van der Waals surface area contributed by atoms with E-state index in [0.717, 1.165) is 11.5 Å². The molecule has 1 heterocycles. The largest absolute Gasteiger partial charge is 0.497 e. The molecule has 0 unspecified atom stereocenters. The Labute approximate surface area is 119 Å². The van der Waals surface area contributed by atoms with E-state index in [-0.39, 0.29) is 0 Å². The molecule has 0 saturated carbocycles. The Hall–Kier alpha value is -2.22. The number of hydrogen-bond acceptors (Lipinski definition) is 2. The summed E-state index contributed by atoms with van der Waals surface area (Å²) in [4.78, 5) is 0. The van der Waals surface area contributed by atoms with Gasteiger partial charge in [-0.15, -0.1) is 0 Å². The molecule has 1 aliphatic heterocycles. The van der Waals surface area contributed by atoms with Gasteiger partial charge in [-0.3, -0.25) is 0 Å². The molecule has 0 fully saturated rings. The summed E-state index contributed by atoms with van der Waals surface area (Å²) >= 11 is 0. The summed E-state index contributed by atoms with van der Waals surface area (Å²) in [5, 5.41) is 0. The molecule has 0 atom stereocenters. The second kappa shape index (κ2) is 5.04. The first-order chi connectivity index (χ1) is 9.69. The van der Waals surface area contributed by atoms with E-state index in [1.165, 1.54) is 27.8 Å². The Morgan fingerprint density at radius 3 is 2.50 bits per heavy atom. The molecule has 2 aromatic carbocycles. The molecule has 3 rings (SSSR count). The zero-order valence-electron chi connectivity index (χ0n) is 12.1. The molecule has 0 amide bonds. The number of aryl methyl sites for hydroxylation is 2. The van der Waals surface area contributed by atoms with Gasteiger partial charge in [0.05, 0.1) is 7.11 Å². The maximum Gasteiger partial charge on any atom is 0.128 e. The fourth-order valence-electron chi connectivity index (χ4n) is 2.74. The third-order valence-corrected chi connectivity index (χ3v) is 3.64. The van der Waals surface area contributed by atoms with Gasteiger partial charge in [-0.1, -0.05) is 18.2 Å². The van der Waals surface area contributed by atoms with Crippen LogP contribution in [0.4, 0.5) is 0 Å². The number of benzene rings is 2. The van der Waals surface area contributed by atoms with Crippen LogP contribution in [0.15, 0.2) is 42.5 Å². The first kappa shape index (κ1) is 12.8. The van der Waals surface area contributed by atoms with Crippen molar-refractivity contribution in [3.05, 3.63) is 64.7 Å². The molecule has 0 saturated heterocycles. The smallest absolute Gasteiger partial charge is 0.128 e. The quantitative estimate of drug-likeness (QED) is 0.813. The van der Waals surface area contributed by atoms with E-state index in [1.54, 1.807) is 7.11 Å². The van der Waals surface area contributed by atoms with Crippen molar-refractivity contribution >= 4 is 5.57 Å². The van der Waals surface area contributed by atoms with Crippen LogP contribution < -0.4 is 9.47 Å². The predicted octanol–water partition coefficient (Wildman–Crippen LogP) is 4.14. The second-order valence-electron chi connectivity index (χ2n) is 5.11. The van der Waals surface area contributed by atoms with Gasteiger partial charge in [0.1, 0.15) is 18.1 Å². The van der Waals surface area contributed by atoms with Crippen molar-refractivity contribution in [3.8, 4) is 11.5 Å². The average molecular weight is 266 g/mol. The molecule has 1 aliphatic rings. The number of rotatable bonds is 2. The standard InChI is InChI=1S/C18H18O2/c1-12-10-13(2)18-16(8-9-20-17(18)11-12)14-4-6-15(19-3)7-5-14/h4-8,10-11H,9H2,1-3H3. The number of methoxy groups -OCH3 is 1. The first-order valence-corrected chi connectivity index (χ1v) is 6.78. The van der Waals surface area contributed by atoms with Crippen molar-refractivity contribution in [2.45, 2.75) is 13.8 Å². The summed E-state index contributed by atoms with van der Waals surface area (Å²) in [5.74, 6) is 1.86. The lowest BCUT2D eigenvalue weighted by Crippen LogP contribution is -2.07. The summed E-state index contributed by atoms with van der Waals surface area (Å²) in [5.41, 5.74) is 6.12. The fourth-order valence-corrected chi connectivity index (χ4v) is 2.74. The van der Waals surface area contributed by atoms with Crippen LogP contribution >= 0.6 is 0 Å². The SMILES string of the molecule is COc1ccc(C2=CCOc3cc(C)cc(C)c32)cc1. The van der Waals surface area contributed by atoms with Crippen molar-refractivity contribution in [2.24, 2.45) is 0 Å². The fraction of sp³-hybridized carbons (Fsp3) is 0.222. The van der Waals surface area contributed by atoms with Crippen LogP contribution in [0.2, 0.25) is 0 Å². The Bertz CT molecular complexity index is 667. The predicted molar refractivity (Wildman–Crippen MR) is 81.5 cm³/mol. The van der Waals surface area contributed by atoms with E-state index in [4.69, 9.17) is 9.47 Å². The molecule has 0 N–H and O–H groups in total. The lowest BCUT2D eigenvalue weighted by molar-refractivity contribution is 0.357. The maximum atomic E-state index is 5.78. The molecule has 0 aromatic heterocycles. The van der Waals surface area contributed by atoms with Crippen LogP contribution in [0.25, 0.3) is 5.57 Å². The molecule has 2 nitrogen and oxygen atoms in total. The van der Waals surface area contributed by atoms with Gasteiger partial charge in [0, 0.05) is 5.56 Å². The topological polar surface area (TPSA) is 18.5 Å². The molecule has 20 heavy (non-hydrogen) atoms. The Kier molecular flexibility index (Phi) is 3.23. The zero-order chi connectivity index (χ0) is 14.1. The minimum absolute atomic E-state index is 0.622. The van der Waals surface area contributed by atoms with Gasteiger partial charge in [-0.2, -0.15) is 0 Å². The highest BCUT2D eigenvalue weighted by atomic mass is 16.5. The van der Waals surface area contributed by atoms with Crippen LogP contribution in [0, 0.1) is 13.8 Å². The van der Waals surface area contributed by atoms with Gasteiger partial charge in [-0.05, 0) is 60.4 Å². The number of ether oxygens (including phenoxy) is 2. The van der Waals surface area contributed by atoms with E-state index in [9.17, 15) is 0 Å². The van der Waals surface area contributed by atoms with Crippen molar-refractivity contribution in [3.63, 3.8) is 0 Å². The number of hydrogen-bond donors (Lipinski definition) is 0. The van der Waals surface area contributed by atoms with E-state index < -0.39 is 0 Å². The van der Waals surface area contributed by atoms with Crippen LogP contribution in [0.1, 0.15) is 22.3 Å². The van der Waals surface area contributed by atoms with Gasteiger partial charge in [0.25, 0.3) is 0 Å². The lowest BCUT2D eigenvalue weighted by Gasteiger charge is -2.22. The minimum Gasteiger partial charge on any atom is -0.497 e. The molecule has 2 heteroatoms. The monoisotopic (exact) mass is 266 g/mol. The van der Waals surface area contributed by atoms with Crippen molar-refractivity contribution in [1.82, 2.24) is 0 Å². The molecule has 2 aromatic rings. The summed E-state index contributed by atoms with van der Waals surface area (Å²) in [7, 11) is 1.69. The summed E-state index contributed by atoms with van der Waals surface area (Å²) in [6.07, 6.45) is 2.15. The molecule has 0 radical (unpaired) electrons. The Morgan fingerprint density at radius 2 is 1.80 bits per heavy atom. The zero-order valence-corrected chi connectivity index (χ0v) is 12.1. The number of fused-ring (bicyclic) bond motifs is 1. The highest BCUT2D eigenvalue weighted by molar-refractivity contribution is 5.85. The van der Waals surface area contributed by atoms with E-state index in [0.29, 0.717) is 6.61 Å². The summed E-state index contributed by atoms with van der Waals surface area (Å²) in [6.45, 7) is 4.86. The normalized spacial score (nSPS) is 13.2.